The number of nitrogens with one attached hydrogen (secondary N) is 1. The molecule has 128 valence electrons. The average Bonchev–Trinajstić information content (AvgIpc) is 2.63. The molecule has 25 heavy (non-hydrogen) atoms. The van der Waals surface area contributed by atoms with Gasteiger partial charge in [-0.05, 0) is 31.0 Å². The van der Waals surface area contributed by atoms with Gasteiger partial charge in [0.1, 0.15) is 24.4 Å². The van der Waals surface area contributed by atoms with Crippen LogP contribution >= 0.6 is 0 Å². The summed E-state index contributed by atoms with van der Waals surface area (Å²) in [7, 11) is 0. The van der Waals surface area contributed by atoms with Crippen LogP contribution in [-0.4, -0.2) is 11.7 Å². The van der Waals surface area contributed by atoms with Crippen LogP contribution in [0.1, 0.15) is 29.2 Å². The van der Waals surface area contributed by atoms with Crippen molar-refractivity contribution >= 4 is 11.0 Å². The second kappa shape index (κ2) is 6.33. The first-order valence-corrected chi connectivity index (χ1v) is 8.60. The van der Waals surface area contributed by atoms with Gasteiger partial charge >= 0.3 is 5.63 Å². The Hall–Kier alpha value is -2.66. The Balaban J connectivity index is 1.73. The number of benzene rings is 1. The van der Waals surface area contributed by atoms with E-state index in [2.05, 4.69) is 24.0 Å². The SMILES string of the molecule is CCc1cc(=O)oc2c(C)c3c(cc12)C[NH+](Cc1cccnc1)CO3. The molecule has 4 rings (SSSR count). The molecule has 1 unspecified atom stereocenters. The highest BCUT2D eigenvalue weighted by atomic mass is 16.5. The lowest BCUT2D eigenvalue weighted by atomic mass is 9.99. The molecule has 1 aliphatic rings. The van der Waals surface area contributed by atoms with Crippen LogP contribution in [0.15, 0.2) is 45.9 Å². The molecule has 0 bridgehead atoms. The van der Waals surface area contributed by atoms with E-state index in [1.54, 1.807) is 12.3 Å². The first-order chi connectivity index (χ1) is 12.2. The normalized spacial score (nSPS) is 16.5. The average molecular weight is 337 g/mol. The molecule has 5 heteroatoms. The number of hydrogen-bond donors (Lipinski definition) is 1. The molecule has 0 aliphatic carbocycles. The number of nitrogens with zero attached hydrogens (tertiary/aromatic N) is 1. The van der Waals surface area contributed by atoms with Gasteiger partial charge in [-0.15, -0.1) is 0 Å². The Morgan fingerprint density at radius 2 is 2.20 bits per heavy atom. The van der Waals surface area contributed by atoms with Gasteiger partial charge in [-0.25, -0.2) is 4.79 Å². The maximum Gasteiger partial charge on any atom is 0.336 e. The third-order valence-corrected chi connectivity index (χ3v) is 4.80. The topological polar surface area (TPSA) is 56.8 Å². The van der Waals surface area contributed by atoms with E-state index >= 15 is 0 Å². The number of ether oxygens (including phenoxy) is 1. The standard InChI is InChI=1S/C20H20N2O3/c1-3-15-8-18(23)25-20-13(2)19-16(7-17(15)20)11-22(12-24-19)10-14-5-4-6-21-9-14/h4-9H,3,10-12H2,1-2H3/p+1. The smallest absolute Gasteiger partial charge is 0.336 e. The number of pyridine rings is 1. The molecule has 5 nitrogen and oxygen atoms in total. The zero-order valence-corrected chi connectivity index (χ0v) is 14.5. The van der Waals surface area contributed by atoms with E-state index < -0.39 is 0 Å². The fourth-order valence-electron chi connectivity index (χ4n) is 3.60. The van der Waals surface area contributed by atoms with E-state index in [9.17, 15) is 4.79 Å². The molecular weight excluding hydrogens is 316 g/mol. The van der Waals surface area contributed by atoms with Gasteiger partial charge < -0.3 is 9.15 Å². The van der Waals surface area contributed by atoms with Gasteiger partial charge in [-0.3, -0.25) is 9.88 Å². The van der Waals surface area contributed by atoms with E-state index in [4.69, 9.17) is 9.15 Å². The first-order valence-electron chi connectivity index (χ1n) is 8.60. The number of hydrogen-bond acceptors (Lipinski definition) is 4. The molecule has 0 saturated heterocycles. The van der Waals surface area contributed by atoms with Gasteiger partial charge in [0.2, 0.25) is 6.73 Å². The van der Waals surface area contributed by atoms with E-state index in [1.807, 2.05) is 19.2 Å². The molecule has 0 fully saturated rings. The lowest BCUT2D eigenvalue weighted by Gasteiger charge is -2.27. The minimum absolute atomic E-state index is 0.299. The zero-order valence-electron chi connectivity index (χ0n) is 14.5. The molecular formula is C20H21N2O3+. The number of aryl methyl sites for hydroxylation is 2. The summed E-state index contributed by atoms with van der Waals surface area (Å²) in [5.41, 5.74) is 4.66. The van der Waals surface area contributed by atoms with Crippen molar-refractivity contribution < 1.29 is 14.1 Å². The molecule has 0 amide bonds. The van der Waals surface area contributed by atoms with E-state index in [0.29, 0.717) is 12.3 Å². The number of fused-ring (bicyclic) bond motifs is 2. The van der Waals surface area contributed by atoms with Crippen LogP contribution in [0.25, 0.3) is 11.0 Å². The first kappa shape index (κ1) is 15.8. The summed E-state index contributed by atoms with van der Waals surface area (Å²) in [6.45, 7) is 6.36. The van der Waals surface area contributed by atoms with Crippen molar-refractivity contribution in [2.24, 2.45) is 0 Å². The van der Waals surface area contributed by atoms with Crippen LogP contribution in [0.3, 0.4) is 0 Å². The van der Waals surface area contributed by atoms with Gasteiger partial charge in [0.25, 0.3) is 0 Å². The van der Waals surface area contributed by atoms with Crippen molar-refractivity contribution in [1.82, 2.24) is 4.98 Å². The minimum Gasteiger partial charge on any atom is -0.444 e. The lowest BCUT2D eigenvalue weighted by Crippen LogP contribution is -3.10. The molecule has 0 saturated carbocycles. The molecule has 0 spiro atoms. The zero-order chi connectivity index (χ0) is 17.4. The fraction of sp³-hybridized carbons (Fsp3) is 0.300. The highest BCUT2D eigenvalue weighted by molar-refractivity contribution is 5.86. The summed E-state index contributed by atoms with van der Waals surface area (Å²) in [5, 5.41) is 1.02. The predicted molar refractivity (Wildman–Crippen MR) is 94.7 cm³/mol. The van der Waals surface area contributed by atoms with Crippen molar-refractivity contribution in [3.63, 3.8) is 0 Å². The van der Waals surface area contributed by atoms with Crippen LogP contribution in [0.2, 0.25) is 0 Å². The van der Waals surface area contributed by atoms with Gasteiger partial charge in [0.15, 0.2) is 0 Å². The van der Waals surface area contributed by atoms with E-state index in [1.165, 1.54) is 16.0 Å². The Morgan fingerprint density at radius 1 is 1.32 bits per heavy atom. The molecule has 1 N–H and O–H groups in total. The van der Waals surface area contributed by atoms with Gasteiger partial charge in [0.05, 0.1) is 0 Å². The summed E-state index contributed by atoms with van der Waals surface area (Å²) in [5.74, 6) is 0.860. The maximum atomic E-state index is 11.8. The highest BCUT2D eigenvalue weighted by Crippen LogP contribution is 2.33. The maximum absolute atomic E-state index is 11.8. The molecule has 1 atom stereocenters. The van der Waals surface area contributed by atoms with Crippen molar-refractivity contribution in [2.75, 3.05) is 6.73 Å². The molecule has 0 radical (unpaired) electrons. The van der Waals surface area contributed by atoms with Gasteiger partial charge in [-0.2, -0.15) is 0 Å². The molecule has 1 aliphatic heterocycles. The third-order valence-electron chi connectivity index (χ3n) is 4.80. The summed E-state index contributed by atoms with van der Waals surface area (Å²) < 4.78 is 11.5. The molecule has 3 heterocycles. The Morgan fingerprint density at radius 3 is 2.96 bits per heavy atom. The highest BCUT2D eigenvalue weighted by Gasteiger charge is 2.25. The summed E-state index contributed by atoms with van der Waals surface area (Å²) in [4.78, 5) is 17.3. The van der Waals surface area contributed by atoms with Crippen molar-refractivity contribution in [2.45, 2.75) is 33.4 Å². The number of rotatable bonds is 3. The molecule has 1 aromatic carbocycles. The molecule has 2 aromatic heterocycles. The van der Waals surface area contributed by atoms with Crippen molar-refractivity contribution in [3.05, 3.63) is 69.3 Å². The number of aromatic nitrogens is 1. The van der Waals surface area contributed by atoms with E-state index in [-0.39, 0.29) is 5.63 Å². The minimum atomic E-state index is -0.299. The lowest BCUT2D eigenvalue weighted by molar-refractivity contribution is -0.945. The van der Waals surface area contributed by atoms with Crippen LogP contribution in [-0.2, 0) is 19.5 Å². The Labute approximate surface area is 145 Å². The van der Waals surface area contributed by atoms with E-state index in [0.717, 1.165) is 41.8 Å². The monoisotopic (exact) mass is 337 g/mol. The quantitative estimate of drug-likeness (QED) is 0.743. The fourth-order valence-corrected chi connectivity index (χ4v) is 3.60. The summed E-state index contributed by atoms with van der Waals surface area (Å²) >= 11 is 0. The van der Waals surface area contributed by atoms with Gasteiger partial charge in [-0.1, -0.05) is 13.0 Å². The summed E-state index contributed by atoms with van der Waals surface area (Å²) in [6, 6.07) is 7.77. The van der Waals surface area contributed by atoms with Crippen molar-refractivity contribution in [1.29, 1.82) is 0 Å². The third kappa shape index (κ3) is 2.91. The largest absolute Gasteiger partial charge is 0.444 e. The Bertz CT molecular complexity index is 980. The molecule has 3 aromatic rings. The van der Waals surface area contributed by atoms with Crippen LogP contribution in [0, 0.1) is 6.92 Å². The second-order valence-corrected chi connectivity index (χ2v) is 6.56. The van der Waals surface area contributed by atoms with Crippen LogP contribution in [0.5, 0.6) is 5.75 Å². The summed E-state index contributed by atoms with van der Waals surface area (Å²) in [6.07, 6.45) is 4.49. The number of quaternary nitrogens is 1. The predicted octanol–water partition coefficient (Wildman–Crippen LogP) is 1.99. The second-order valence-electron chi connectivity index (χ2n) is 6.56. The van der Waals surface area contributed by atoms with Crippen LogP contribution in [0.4, 0.5) is 0 Å². The van der Waals surface area contributed by atoms with Gasteiger partial charge in [0, 0.05) is 40.5 Å². The van der Waals surface area contributed by atoms with Crippen LogP contribution < -0.4 is 15.3 Å². The Kier molecular flexibility index (Phi) is 4.01. The van der Waals surface area contributed by atoms with Crippen molar-refractivity contribution in [3.8, 4) is 5.75 Å².